The summed E-state index contributed by atoms with van der Waals surface area (Å²) in [5, 5.41) is 8.88. The van der Waals surface area contributed by atoms with E-state index in [2.05, 4.69) is 31.9 Å². The van der Waals surface area contributed by atoms with E-state index in [0.717, 1.165) is 8.26 Å². The normalized spacial score (nSPS) is 19.5. The highest BCUT2D eigenvalue weighted by Gasteiger charge is 2.30. The number of morpholine rings is 1. The average molecular weight is 413 g/mol. The lowest BCUT2D eigenvalue weighted by Gasteiger charge is -2.34. The number of carboxylic acids is 1. The van der Waals surface area contributed by atoms with Gasteiger partial charge < -0.3 is 14.7 Å². The molecule has 1 atom stereocenters. The molecule has 1 fully saturated rings. The molecule has 0 aliphatic carbocycles. The molecule has 0 aromatic carbocycles. The number of halogens is 2. The molecule has 1 aliphatic heterocycles. The maximum Gasteiger partial charge on any atom is 0.305 e. The van der Waals surface area contributed by atoms with Crippen molar-refractivity contribution in [3.8, 4) is 0 Å². The van der Waals surface area contributed by atoms with E-state index in [9.17, 15) is 9.59 Å². The van der Waals surface area contributed by atoms with Crippen molar-refractivity contribution in [2.75, 3.05) is 19.8 Å². The number of ether oxygens (including phenoxy) is 1. The second-order valence-corrected chi connectivity index (χ2v) is 7.28. The van der Waals surface area contributed by atoms with E-state index in [-0.39, 0.29) is 18.9 Å². The number of carbonyl (C=O) groups is 2. The molecule has 104 valence electrons. The second kappa shape index (κ2) is 6.34. The number of aliphatic carboxylic acids is 1. The van der Waals surface area contributed by atoms with E-state index >= 15 is 0 Å². The molecule has 1 aromatic rings. The molecule has 2 heterocycles. The number of carboxylic acid groups (broad SMARTS) is 1. The van der Waals surface area contributed by atoms with E-state index in [1.54, 1.807) is 11.0 Å². The molecule has 1 amide bonds. The third kappa shape index (κ3) is 3.56. The Morgan fingerprint density at radius 1 is 1.53 bits per heavy atom. The first-order valence-corrected chi connectivity index (χ1v) is 7.94. The largest absolute Gasteiger partial charge is 0.481 e. The minimum Gasteiger partial charge on any atom is -0.481 e. The molecule has 0 spiro atoms. The maximum absolute atomic E-state index is 12.4. The Balaban J connectivity index is 2.17. The number of thiophene rings is 1. The summed E-state index contributed by atoms with van der Waals surface area (Å²) < 4.78 is 6.93. The summed E-state index contributed by atoms with van der Waals surface area (Å²) in [6.45, 7) is 1.13. The average Bonchev–Trinajstić information content (AvgIpc) is 2.69. The van der Waals surface area contributed by atoms with Crippen molar-refractivity contribution < 1.29 is 19.4 Å². The Kier molecular flexibility index (Phi) is 4.99. The Hall–Kier alpha value is -0.440. The summed E-state index contributed by atoms with van der Waals surface area (Å²) in [4.78, 5) is 25.4. The molecule has 1 saturated heterocycles. The fraction of sp³-hybridized carbons (Fsp3) is 0.455. The Labute approximate surface area is 130 Å². The molecular weight excluding hydrogens is 402 g/mol. The Morgan fingerprint density at radius 2 is 2.26 bits per heavy atom. The molecule has 0 saturated carbocycles. The van der Waals surface area contributed by atoms with Crippen LogP contribution in [0.3, 0.4) is 0 Å². The van der Waals surface area contributed by atoms with E-state index in [0.29, 0.717) is 18.0 Å². The number of rotatable bonds is 3. The van der Waals surface area contributed by atoms with Crippen LogP contribution in [0.4, 0.5) is 0 Å². The quantitative estimate of drug-likeness (QED) is 0.828. The van der Waals surface area contributed by atoms with Crippen molar-refractivity contribution in [1.82, 2.24) is 4.90 Å². The van der Waals surface area contributed by atoms with Crippen molar-refractivity contribution in [2.45, 2.75) is 12.5 Å². The van der Waals surface area contributed by atoms with Gasteiger partial charge in [0.15, 0.2) is 0 Å². The zero-order valence-electron chi connectivity index (χ0n) is 9.77. The molecule has 2 rings (SSSR count). The molecule has 1 aromatic heterocycles. The van der Waals surface area contributed by atoms with Gasteiger partial charge in [-0.2, -0.15) is 0 Å². The van der Waals surface area contributed by atoms with Crippen LogP contribution >= 0.6 is 43.2 Å². The topological polar surface area (TPSA) is 66.8 Å². The van der Waals surface area contributed by atoms with Crippen molar-refractivity contribution in [3.63, 3.8) is 0 Å². The lowest BCUT2D eigenvalue weighted by atomic mass is 10.1. The van der Waals surface area contributed by atoms with Gasteiger partial charge in [0.2, 0.25) is 0 Å². The standard InChI is InChI=1S/C11H11Br2NO4S/c12-7-4-8(19-10(7)13)11(17)14-1-2-18-5-6(14)3-9(15)16/h4,6H,1-3,5H2,(H,15,16). The van der Waals surface area contributed by atoms with Crippen LogP contribution in [0, 0.1) is 0 Å². The van der Waals surface area contributed by atoms with E-state index in [4.69, 9.17) is 9.84 Å². The highest BCUT2D eigenvalue weighted by atomic mass is 79.9. The molecule has 1 N–H and O–H groups in total. The van der Waals surface area contributed by atoms with Crippen LogP contribution in [0.1, 0.15) is 16.1 Å². The minimum absolute atomic E-state index is 0.0978. The van der Waals surface area contributed by atoms with Gasteiger partial charge in [-0.1, -0.05) is 0 Å². The minimum atomic E-state index is -0.929. The van der Waals surface area contributed by atoms with E-state index < -0.39 is 12.0 Å². The van der Waals surface area contributed by atoms with Gasteiger partial charge in [0.25, 0.3) is 5.91 Å². The molecule has 5 nitrogen and oxygen atoms in total. The van der Waals surface area contributed by atoms with Gasteiger partial charge in [-0.05, 0) is 37.9 Å². The summed E-state index contributed by atoms with van der Waals surface area (Å²) in [5.74, 6) is -1.08. The molecule has 1 aliphatic rings. The van der Waals surface area contributed by atoms with Crippen molar-refractivity contribution >= 4 is 55.1 Å². The lowest BCUT2D eigenvalue weighted by Crippen LogP contribution is -2.49. The molecule has 8 heteroatoms. The van der Waals surface area contributed by atoms with Crippen molar-refractivity contribution in [2.24, 2.45) is 0 Å². The predicted molar refractivity (Wildman–Crippen MR) is 77.6 cm³/mol. The van der Waals surface area contributed by atoms with Crippen LogP contribution in [-0.4, -0.2) is 47.7 Å². The van der Waals surface area contributed by atoms with Gasteiger partial charge in [-0.25, -0.2) is 0 Å². The Bertz CT molecular complexity index is 485. The first-order chi connectivity index (χ1) is 8.99. The van der Waals surface area contributed by atoms with Gasteiger partial charge >= 0.3 is 5.97 Å². The van der Waals surface area contributed by atoms with Crippen LogP contribution in [-0.2, 0) is 9.53 Å². The molecule has 19 heavy (non-hydrogen) atoms. The van der Waals surface area contributed by atoms with Crippen molar-refractivity contribution in [1.29, 1.82) is 0 Å². The number of carbonyl (C=O) groups excluding carboxylic acids is 1. The highest BCUT2D eigenvalue weighted by molar-refractivity contribution is 9.13. The van der Waals surface area contributed by atoms with Crippen LogP contribution < -0.4 is 0 Å². The van der Waals surface area contributed by atoms with Crippen LogP contribution in [0.2, 0.25) is 0 Å². The summed E-state index contributed by atoms with van der Waals surface area (Å²) in [6.07, 6.45) is -0.0978. The SMILES string of the molecule is O=C(O)CC1COCCN1C(=O)c1cc(Br)c(Br)s1. The highest BCUT2D eigenvalue weighted by Crippen LogP contribution is 2.33. The Morgan fingerprint density at radius 3 is 2.84 bits per heavy atom. The molecule has 0 radical (unpaired) electrons. The maximum atomic E-state index is 12.4. The zero-order chi connectivity index (χ0) is 14.0. The van der Waals surface area contributed by atoms with Gasteiger partial charge in [0, 0.05) is 11.0 Å². The number of amides is 1. The molecule has 0 bridgehead atoms. The first-order valence-electron chi connectivity index (χ1n) is 5.54. The number of hydrogen-bond acceptors (Lipinski definition) is 4. The van der Waals surface area contributed by atoms with Crippen LogP contribution in [0.15, 0.2) is 14.3 Å². The third-order valence-electron chi connectivity index (χ3n) is 2.75. The fourth-order valence-corrected chi connectivity index (χ4v) is 3.88. The van der Waals surface area contributed by atoms with E-state index in [1.165, 1.54) is 11.3 Å². The number of nitrogens with zero attached hydrogens (tertiary/aromatic N) is 1. The zero-order valence-corrected chi connectivity index (χ0v) is 13.8. The van der Waals surface area contributed by atoms with Gasteiger partial charge in [0.05, 0.1) is 34.3 Å². The third-order valence-corrected chi connectivity index (χ3v) is 6.00. The lowest BCUT2D eigenvalue weighted by molar-refractivity contribution is -0.139. The first kappa shape index (κ1) is 15.0. The van der Waals surface area contributed by atoms with Crippen LogP contribution in [0.25, 0.3) is 0 Å². The molecular formula is C11H11Br2NO4S. The van der Waals surface area contributed by atoms with Crippen molar-refractivity contribution in [3.05, 3.63) is 19.2 Å². The smallest absolute Gasteiger partial charge is 0.305 e. The summed E-state index contributed by atoms with van der Waals surface area (Å²) in [7, 11) is 0. The van der Waals surface area contributed by atoms with E-state index in [1.807, 2.05) is 0 Å². The summed E-state index contributed by atoms with van der Waals surface area (Å²) in [5.41, 5.74) is 0. The van der Waals surface area contributed by atoms with Gasteiger partial charge in [-0.15, -0.1) is 11.3 Å². The molecule has 1 unspecified atom stereocenters. The summed E-state index contributed by atoms with van der Waals surface area (Å²) in [6, 6.07) is 1.34. The predicted octanol–water partition coefficient (Wildman–Crippen LogP) is 2.59. The number of hydrogen-bond donors (Lipinski definition) is 1. The monoisotopic (exact) mass is 411 g/mol. The van der Waals surface area contributed by atoms with Crippen LogP contribution in [0.5, 0.6) is 0 Å². The van der Waals surface area contributed by atoms with Gasteiger partial charge in [-0.3, -0.25) is 9.59 Å². The fourth-order valence-electron chi connectivity index (χ4n) is 1.89. The van der Waals surface area contributed by atoms with Gasteiger partial charge in [0.1, 0.15) is 0 Å². The summed E-state index contributed by atoms with van der Waals surface area (Å²) >= 11 is 8.01. The second-order valence-electron chi connectivity index (χ2n) is 4.06.